The van der Waals surface area contributed by atoms with E-state index in [0.29, 0.717) is 18.7 Å². The molecule has 0 bridgehead atoms. The maximum Gasteiger partial charge on any atom is 0.223 e. The van der Waals surface area contributed by atoms with Crippen molar-refractivity contribution in [1.82, 2.24) is 5.32 Å². The van der Waals surface area contributed by atoms with Crippen molar-refractivity contribution in [3.8, 4) is 0 Å². The Hall–Kier alpha value is -2.61. The standard InChI is InChI=1S/C20H24N2O5S/c1-13-4-5-17(27-13)12-21-20(24)10-14(2)28(25,26)18-6-7-19-16(11-18)8-9-22(19)15(3)23/h4-7,11,14H,8-10,12H2,1-3H3,(H,21,24)/t14-/m1/s1. The summed E-state index contributed by atoms with van der Waals surface area (Å²) in [6.45, 7) is 5.61. The lowest BCUT2D eigenvalue weighted by molar-refractivity contribution is -0.121. The molecule has 1 aliphatic heterocycles. The number of hydrogen-bond donors (Lipinski definition) is 1. The average Bonchev–Trinajstić information content (AvgIpc) is 3.25. The van der Waals surface area contributed by atoms with Crippen molar-refractivity contribution in [2.75, 3.05) is 11.4 Å². The van der Waals surface area contributed by atoms with Crippen molar-refractivity contribution in [2.45, 2.75) is 50.3 Å². The number of amides is 2. The molecule has 0 unspecified atom stereocenters. The number of nitrogens with one attached hydrogen (secondary N) is 1. The summed E-state index contributed by atoms with van der Waals surface area (Å²) in [5.74, 6) is 0.954. The van der Waals surface area contributed by atoms with Crippen molar-refractivity contribution >= 4 is 27.3 Å². The fourth-order valence-corrected chi connectivity index (χ4v) is 4.72. The number of carbonyl (C=O) groups excluding carboxylic acids is 2. The van der Waals surface area contributed by atoms with Crippen LogP contribution in [0.1, 0.15) is 37.4 Å². The minimum atomic E-state index is -3.66. The van der Waals surface area contributed by atoms with E-state index in [1.54, 1.807) is 29.2 Å². The highest BCUT2D eigenvalue weighted by atomic mass is 32.2. The van der Waals surface area contributed by atoms with E-state index >= 15 is 0 Å². The molecule has 1 aliphatic rings. The van der Waals surface area contributed by atoms with Gasteiger partial charge in [-0.05, 0) is 56.2 Å². The number of carbonyl (C=O) groups is 2. The molecule has 0 fully saturated rings. The van der Waals surface area contributed by atoms with Crippen LogP contribution in [0.25, 0.3) is 0 Å². The highest BCUT2D eigenvalue weighted by Crippen LogP contribution is 2.31. The van der Waals surface area contributed by atoms with Crippen LogP contribution in [-0.2, 0) is 32.4 Å². The Morgan fingerprint density at radius 1 is 1.25 bits per heavy atom. The third-order valence-electron chi connectivity index (χ3n) is 4.91. The molecule has 2 amide bonds. The lowest BCUT2D eigenvalue weighted by Gasteiger charge is -2.16. The van der Waals surface area contributed by atoms with Gasteiger partial charge in [0.05, 0.1) is 16.7 Å². The van der Waals surface area contributed by atoms with E-state index in [2.05, 4.69) is 5.32 Å². The molecule has 1 aromatic heterocycles. The molecule has 7 nitrogen and oxygen atoms in total. The van der Waals surface area contributed by atoms with Gasteiger partial charge in [-0.3, -0.25) is 9.59 Å². The van der Waals surface area contributed by atoms with Gasteiger partial charge in [0.2, 0.25) is 11.8 Å². The summed E-state index contributed by atoms with van der Waals surface area (Å²) in [6.07, 6.45) is 0.481. The molecule has 150 valence electrons. The van der Waals surface area contributed by atoms with E-state index in [1.165, 1.54) is 19.9 Å². The van der Waals surface area contributed by atoms with Gasteiger partial charge in [0.15, 0.2) is 9.84 Å². The molecule has 28 heavy (non-hydrogen) atoms. The fraction of sp³-hybridized carbons (Fsp3) is 0.400. The summed E-state index contributed by atoms with van der Waals surface area (Å²) in [4.78, 5) is 25.6. The summed E-state index contributed by atoms with van der Waals surface area (Å²) in [7, 11) is -3.66. The molecule has 1 atom stereocenters. The van der Waals surface area contributed by atoms with Gasteiger partial charge in [-0.1, -0.05) is 0 Å². The predicted octanol–water partition coefficient (Wildman–Crippen LogP) is 2.37. The number of furan rings is 1. The quantitative estimate of drug-likeness (QED) is 0.797. The Balaban J connectivity index is 1.66. The largest absolute Gasteiger partial charge is 0.465 e. The van der Waals surface area contributed by atoms with Crippen molar-refractivity contribution in [3.05, 3.63) is 47.4 Å². The number of anilines is 1. The first-order chi connectivity index (χ1) is 13.2. The molecular weight excluding hydrogens is 380 g/mol. The summed E-state index contributed by atoms with van der Waals surface area (Å²) in [5.41, 5.74) is 1.59. The summed E-state index contributed by atoms with van der Waals surface area (Å²) >= 11 is 0. The molecule has 0 spiro atoms. The first kappa shape index (κ1) is 20.1. The Labute approximate surface area is 164 Å². The van der Waals surface area contributed by atoms with Crippen LogP contribution in [0.2, 0.25) is 0 Å². The lowest BCUT2D eigenvalue weighted by Crippen LogP contribution is -2.29. The van der Waals surface area contributed by atoms with Crippen LogP contribution in [0.4, 0.5) is 5.69 Å². The number of nitrogens with zero attached hydrogens (tertiary/aromatic N) is 1. The van der Waals surface area contributed by atoms with Crippen LogP contribution in [0, 0.1) is 6.92 Å². The molecule has 0 radical (unpaired) electrons. The lowest BCUT2D eigenvalue weighted by atomic mass is 10.2. The van der Waals surface area contributed by atoms with Gasteiger partial charge in [-0.15, -0.1) is 0 Å². The first-order valence-electron chi connectivity index (χ1n) is 9.15. The van der Waals surface area contributed by atoms with Gasteiger partial charge in [-0.25, -0.2) is 8.42 Å². The van der Waals surface area contributed by atoms with E-state index in [4.69, 9.17) is 4.42 Å². The van der Waals surface area contributed by atoms with Crippen LogP contribution in [0.5, 0.6) is 0 Å². The summed E-state index contributed by atoms with van der Waals surface area (Å²) < 4.78 is 31.1. The van der Waals surface area contributed by atoms with Gasteiger partial charge in [0, 0.05) is 25.6 Å². The van der Waals surface area contributed by atoms with Crippen LogP contribution in [-0.4, -0.2) is 32.0 Å². The number of sulfone groups is 1. The van der Waals surface area contributed by atoms with Crippen LogP contribution in [0.3, 0.4) is 0 Å². The van der Waals surface area contributed by atoms with Crippen molar-refractivity contribution in [3.63, 3.8) is 0 Å². The number of benzene rings is 1. The van der Waals surface area contributed by atoms with Gasteiger partial charge < -0.3 is 14.6 Å². The SMILES string of the molecule is CC(=O)N1CCc2cc(S(=O)(=O)[C@H](C)CC(=O)NCc3ccc(C)o3)ccc21. The summed E-state index contributed by atoms with van der Waals surface area (Å²) in [5, 5.41) is 1.82. The van der Waals surface area contributed by atoms with E-state index < -0.39 is 15.1 Å². The summed E-state index contributed by atoms with van der Waals surface area (Å²) in [6, 6.07) is 8.37. The Bertz CT molecular complexity index is 1010. The second kappa shape index (κ2) is 7.79. The van der Waals surface area contributed by atoms with Gasteiger partial charge in [0.25, 0.3) is 0 Å². The van der Waals surface area contributed by atoms with Gasteiger partial charge in [-0.2, -0.15) is 0 Å². The third kappa shape index (κ3) is 4.11. The van der Waals surface area contributed by atoms with Gasteiger partial charge in [0.1, 0.15) is 11.5 Å². The fourth-order valence-electron chi connectivity index (χ4n) is 3.32. The molecule has 0 saturated heterocycles. The second-order valence-electron chi connectivity index (χ2n) is 7.06. The molecule has 3 rings (SSSR count). The molecule has 2 aromatic rings. The van der Waals surface area contributed by atoms with Crippen molar-refractivity contribution in [1.29, 1.82) is 0 Å². The molecule has 0 aliphatic carbocycles. The number of hydrogen-bond acceptors (Lipinski definition) is 5. The van der Waals surface area contributed by atoms with Gasteiger partial charge >= 0.3 is 0 Å². The number of fused-ring (bicyclic) bond motifs is 1. The maximum absolute atomic E-state index is 12.9. The molecule has 8 heteroatoms. The highest BCUT2D eigenvalue weighted by molar-refractivity contribution is 7.92. The van der Waals surface area contributed by atoms with Crippen LogP contribution in [0.15, 0.2) is 39.6 Å². The smallest absolute Gasteiger partial charge is 0.223 e. The van der Waals surface area contributed by atoms with Crippen LogP contribution >= 0.6 is 0 Å². The zero-order valence-corrected chi connectivity index (χ0v) is 17.0. The third-order valence-corrected chi connectivity index (χ3v) is 7.05. The first-order valence-corrected chi connectivity index (χ1v) is 10.7. The molecule has 2 heterocycles. The molecule has 1 aromatic carbocycles. The second-order valence-corrected chi connectivity index (χ2v) is 9.43. The Morgan fingerprint density at radius 2 is 2.00 bits per heavy atom. The number of rotatable bonds is 6. The highest BCUT2D eigenvalue weighted by Gasteiger charge is 2.29. The minimum Gasteiger partial charge on any atom is -0.465 e. The van der Waals surface area contributed by atoms with Crippen LogP contribution < -0.4 is 10.2 Å². The van der Waals surface area contributed by atoms with Crippen molar-refractivity contribution < 1.29 is 22.4 Å². The number of aryl methyl sites for hydroxylation is 1. The van der Waals surface area contributed by atoms with E-state index in [-0.39, 0.29) is 29.7 Å². The van der Waals surface area contributed by atoms with E-state index in [0.717, 1.165) is 17.0 Å². The Morgan fingerprint density at radius 3 is 2.64 bits per heavy atom. The van der Waals surface area contributed by atoms with E-state index in [1.807, 2.05) is 6.92 Å². The molecule has 1 N–H and O–H groups in total. The maximum atomic E-state index is 12.9. The molecular formula is C20H24N2O5S. The minimum absolute atomic E-state index is 0.0638. The van der Waals surface area contributed by atoms with Crippen molar-refractivity contribution in [2.24, 2.45) is 0 Å². The zero-order valence-electron chi connectivity index (χ0n) is 16.2. The zero-order chi connectivity index (χ0) is 20.5. The average molecular weight is 404 g/mol. The monoisotopic (exact) mass is 404 g/mol. The topological polar surface area (TPSA) is 96.7 Å². The predicted molar refractivity (Wildman–Crippen MR) is 105 cm³/mol. The van der Waals surface area contributed by atoms with E-state index in [9.17, 15) is 18.0 Å². The Kier molecular flexibility index (Phi) is 5.60. The molecule has 0 saturated carbocycles. The normalized spacial score (nSPS) is 14.6.